The zero-order valence-electron chi connectivity index (χ0n) is 15.2. The second kappa shape index (κ2) is 8.77. The van der Waals surface area contributed by atoms with E-state index in [4.69, 9.17) is 4.74 Å². The monoisotopic (exact) mass is 384 g/mol. The summed E-state index contributed by atoms with van der Waals surface area (Å²) in [6.45, 7) is 4.25. The Balaban J connectivity index is 1.57. The van der Waals surface area contributed by atoms with E-state index >= 15 is 0 Å². The summed E-state index contributed by atoms with van der Waals surface area (Å²) in [6, 6.07) is 13.8. The molecule has 1 aromatic heterocycles. The standard InChI is InChI=1S/C21H21FN2O2S/c1-3-19(26-18-10-8-16(22)9-11-18)20(25)23-12-17-13-27-21(24-17)15-6-4-14(2)5-7-15/h4-11,13,19H,3,12H2,1-2H3,(H,23,25)/t19-/m0/s1. The van der Waals surface area contributed by atoms with Crippen molar-refractivity contribution in [2.45, 2.75) is 32.9 Å². The molecule has 140 valence electrons. The average Bonchev–Trinajstić information content (AvgIpc) is 3.15. The van der Waals surface area contributed by atoms with Gasteiger partial charge in [0.25, 0.3) is 5.91 Å². The molecule has 3 rings (SSSR count). The maximum atomic E-state index is 13.0. The van der Waals surface area contributed by atoms with Gasteiger partial charge in [-0.05, 0) is 37.6 Å². The summed E-state index contributed by atoms with van der Waals surface area (Å²) >= 11 is 1.55. The van der Waals surface area contributed by atoms with Crippen LogP contribution in [0.2, 0.25) is 0 Å². The molecule has 0 aliphatic heterocycles. The molecule has 0 unspecified atom stereocenters. The molecule has 0 radical (unpaired) electrons. The van der Waals surface area contributed by atoms with Gasteiger partial charge >= 0.3 is 0 Å². The molecule has 1 atom stereocenters. The van der Waals surface area contributed by atoms with Gasteiger partial charge in [0.15, 0.2) is 6.10 Å². The highest BCUT2D eigenvalue weighted by Crippen LogP contribution is 2.24. The van der Waals surface area contributed by atoms with E-state index in [0.717, 1.165) is 16.3 Å². The highest BCUT2D eigenvalue weighted by atomic mass is 32.1. The van der Waals surface area contributed by atoms with Gasteiger partial charge in [0.05, 0.1) is 12.2 Å². The fraction of sp³-hybridized carbons (Fsp3) is 0.238. The van der Waals surface area contributed by atoms with E-state index < -0.39 is 6.10 Å². The summed E-state index contributed by atoms with van der Waals surface area (Å²) in [5.41, 5.74) is 3.07. The Labute approximate surface area is 162 Å². The van der Waals surface area contributed by atoms with Crippen LogP contribution < -0.4 is 10.1 Å². The molecule has 1 amide bonds. The van der Waals surface area contributed by atoms with E-state index in [1.54, 1.807) is 11.3 Å². The average molecular weight is 384 g/mol. The van der Waals surface area contributed by atoms with E-state index in [0.29, 0.717) is 18.7 Å². The number of hydrogen-bond donors (Lipinski definition) is 1. The zero-order valence-corrected chi connectivity index (χ0v) is 16.1. The van der Waals surface area contributed by atoms with Crippen molar-refractivity contribution < 1.29 is 13.9 Å². The van der Waals surface area contributed by atoms with Gasteiger partial charge in [0, 0.05) is 10.9 Å². The lowest BCUT2D eigenvalue weighted by Gasteiger charge is -2.17. The van der Waals surface area contributed by atoms with Crippen molar-refractivity contribution in [2.24, 2.45) is 0 Å². The molecule has 0 aliphatic carbocycles. The lowest BCUT2D eigenvalue weighted by atomic mass is 10.2. The van der Waals surface area contributed by atoms with Crippen LogP contribution in [-0.2, 0) is 11.3 Å². The molecule has 1 N–H and O–H groups in total. The first-order valence-electron chi connectivity index (χ1n) is 8.76. The van der Waals surface area contributed by atoms with Crippen LogP contribution in [0.5, 0.6) is 5.75 Å². The number of aryl methyl sites for hydroxylation is 1. The Morgan fingerprint density at radius 3 is 2.56 bits per heavy atom. The minimum absolute atomic E-state index is 0.216. The van der Waals surface area contributed by atoms with Crippen LogP contribution in [-0.4, -0.2) is 17.0 Å². The molecule has 0 saturated carbocycles. The third kappa shape index (κ3) is 5.14. The summed E-state index contributed by atoms with van der Waals surface area (Å²) in [5.74, 6) is -0.0896. The van der Waals surface area contributed by atoms with E-state index in [1.807, 2.05) is 31.4 Å². The maximum absolute atomic E-state index is 13.0. The highest BCUT2D eigenvalue weighted by Gasteiger charge is 2.18. The van der Waals surface area contributed by atoms with Crippen LogP contribution in [0.4, 0.5) is 4.39 Å². The molecule has 0 aliphatic rings. The summed E-state index contributed by atoms with van der Waals surface area (Å²) in [5, 5.41) is 5.73. The minimum atomic E-state index is -0.634. The molecule has 0 spiro atoms. The van der Waals surface area contributed by atoms with Crippen molar-refractivity contribution in [3.05, 3.63) is 71.0 Å². The van der Waals surface area contributed by atoms with Crippen molar-refractivity contribution in [1.82, 2.24) is 10.3 Å². The molecular formula is C21H21FN2O2S. The predicted molar refractivity (Wildman–Crippen MR) is 105 cm³/mol. The molecule has 4 nitrogen and oxygen atoms in total. The molecule has 2 aromatic carbocycles. The number of carbonyl (C=O) groups is 1. The predicted octanol–water partition coefficient (Wildman–Crippen LogP) is 4.73. The first-order valence-corrected chi connectivity index (χ1v) is 9.64. The number of aromatic nitrogens is 1. The second-order valence-corrected chi connectivity index (χ2v) is 7.05. The number of ether oxygens (including phenoxy) is 1. The first-order chi connectivity index (χ1) is 13.0. The topological polar surface area (TPSA) is 51.2 Å². The number of nitrogens with one attached hydrogen (secondary N) is 1. The highest BCUT2D eigenvalue weighted by molar-refractivity contribution is 7.13. The fourth-order valence-corrected chi connectivity index (χ4v) is 3.33. The molecule has 0 fully saturated rings. The normalized spacial score (nSPS) is 11.8. The van der Waals surface area contributed by atoms with Gasteiger partial charge in [0.2, 0.25) is 0 Å². The number of amides is 1. The molecule has 3 aromatic rings. The molecule has 6 heteroatoms. The summed E-state index contributed by atoms with van der Waals surface area (Å²) in [7, 11) is 0. The van der Waals surface area contributed by atoms with Crippen LogP contribution in [0.3, 0.4) is 0 Å². The lowest BCUT2D eigenvalue weighted by molar-refractivity contribution is -0.128. The smallest absolute Gasteiger partial charge is 0.261 e. The van der Waals surface area contributed by atoms with Gasteiger partial charge in [-0.15, -0.1) is 11.3 Å². The number of thiazole rings is 1. The Morgan fingerprint density at radius 1 is 1.19 bits per heavy atom. The first kappa shape index (κ1) is 19.0. The van der Waals surface area contributed by atoms with Crippen LogP contribution in [0, 0.1) is 12.7 Å². The molecule has 1 heterocycles. The Morgan fingerprint density at radius 2 is 1.89 bits per heavy atom. The van der Waals surface area contributed by atoms with Crippen LogP contribution in [0.25, 0.3) is 10.6 Å². The fourth-order valence-electron chi connectivity index (χ4n) is 2.51. The molecular weight excluding hydrogens is 363 g/mol. The maximum Gasteiger partial charge on any atom is 0.261 e. The Hall–Kier alpha value is -2.73. The molecule has 0 saturated heterocycles. The van der Waals surface area contributed by atoms with E-state index in [2.05, 4.69) is 22.4 Å². The van der Waals surface area contributed by atoms with Gasteiger partial charge < -0.3 is 10.1 Å². The van der Waals surface area contributed by atoms with Crippen molar-refractivity contribution in [3.8, 4) is 16.3 Å². The van der Waals surface area contributed by atoms with Crippen LogP contribution in [0.15, 0.2) is 53.9 Å². The van der Waals surface area contributed by atoms with E-state index in [-0.39, 0.29) is 11.7 Å². The summed E-state index contributed by atoms with van der Waals surface area (Å²) in [6.07, 6.45) is -0.125. The van der Waals surface area contributed by atoms with E-state index in [1.165, 1.54) is 29.8 Å². The van der Waals surface area contributed by atoms with E-state index in [9.17, 15) is 9.18 Å². The number of nitrogens with zero attached hydrogens (tertiary/aromatic N) is 1. The quantitative estimate of drug-likeness (QED) is 0.641. The van der Waals surface area contributed by atoms with Gasteiger partial charge in [-0.1, -0.05) is 36.8 Å². The van der Waals surface area contributed by atoms with Gasteiger partial charge in [-0.25, -0.2) is 9.37 Å². The lowest BCUT2D eigenvalue weighted by Crippen LogP contribution is -2.37. The SMILES string of the molecule is CC[C@H](Oc1ccc(F)cc1)C(=O)NCc1csc(-c2ccc(C)cc2)n1. The third-order valence-electron chi connectivity index (χ3n) is 4.05. The Bertz CT molecular complexity index is 891. The van der Waals surface area contributed by atoms with Gasteiger partial charge in [-0.2, -0.15) is 0 Å². The van der Waals surface area contributed by atoms with Gasteiger partial charge in [0.1, 0.15) is 16.6 Å². The summed E-state index contributed by atoms with van der Waals surface area (Å²) < 4.78 is 18.6. The van der Waals surface area contributed by atoms with Crippen LogP contribution in [0.1, 0.15) is 24.6 Å². The van der Waals surface area contributed by atoms with Crippen molar-refractivity contribution in [2.75, 3.05) is 0 Å². The number of hydrogen-bond acceptors (Lipinski definition) is 4. The minimum Gasteiger partial charge on any atom is -0.481 e. The number of rotatable bonds is 7. The van der Waals surface area contributed by atoms with Crippen molar-refractivity contribution in [1.29, 1.82) is 0 Å². The third-order valence-corrected chi connectivity index (χ3v) is 4.99. The molecule has 0 bridgehead atoms. The number of carbonyl (C=O) groups excluding carboxylic acids is 1. The summed E-state index contributed by atoms with van der Waals surface area (Å²) in [4.78, 5) is 17.0. The van der Waals surface area contributed by atoms with Crippen molar-refractivity contribution >= 4 is 17.2 Å². The molecule has 27 heavy (non-hydrogen) atoms. The second-order valence-electron chi connectivity index (χ2n) is 6.20. The number of halogens is 1. The Kier molecular flexibility index (Phi) is 6.19. The largest absolute Gasteiger partial charge is 0.481 e. The van der Waals surface area contributed by atoms with Crippen LogP contribution >= 0.6 is 11.3 Å². The number of benzene rings is 2. The zero-order chi connectivity index (χ0) is 19.2. The van der Waals surface area contributed by atoms with Crippen molar-refractivity contribution in [3.63, 3.8) is 0 Å². The van der Waals surface area contributed by atoms with Gasteiger partial charge in [-0.3, -0.25) is 4.79 Å².